The Kier molecular flexibility index (Phi) is 2.35. The van der Waals surface area contributed by atoms with Crippen LogP contribution in [0.4, 0.5) is 0 Å². The Bertz CT molecular complexity index is 512. The lowest BCUT2D eigenvalue weighted by Gasteiger charge is -2.14. The fourth-order valence-corrected chi connectivity index (χ4v) is 2.15. The molecule has 2 heterocycles. The van der Waals surface area contributed by atoms with Crippen LogP contribution in [0.25, 0.3) is 10.9 Å². The van der Waals surface area contributed by atoms with Crippen LogP contribution in [0.15, 0.2) is 36.4 Å². The summed E-state index contributed by atoms with van der Waals surface area (Å²) in [6, 6.07) is 12.2. The first-order chi connectivity index (χ1) is 7.84. The molecule has 0 aliphatic carbocycles. The van der Waals surface area contributed by atoms with Gasteiger partial charge in [-0.05, 0) is 18.6 Å². The maximum absolute atomic E-state index is 5.99. The zero-order chi connectivity index (χ0) is 11.0. The molecule has 0 saturated carbocycles. The third kappa shape index (κ3) is 1.58. The number of ether oxygens (including phenoxy) is 1. The number of para-hydroxylation sites is 1. The van der Waals surface area contributed by atoms with Gasteiger partial charge in [-0.2, -0.15) is 0 Å². The average molecular weight is 214 g/mol. The van der Waals surface area contributed by atoms with Crippen molar-refractivity contribution in [1.29, 1.82) is 0 Å². The summed E-state index contributed by atoms with van der Waals surface area (Å²) in [5.41, 5.74) is 7.94. The van der Waals surface area contributed by atoms with Gasteiger partial charge in [-0.1, -0.05) is 24.3 Å². The van der Waals surface area contributed by atoms with Gasteiger partial charge in [0.1, 0.15) is 6.10 Å². The molecule has 16 heavy (non-hydrogen) atoms. The molecule has 1 aromatic heterocycles. The molecule has 3 rings (SSSR count). The summed E-state index contributed by atoms with van der Waals surface area (Å²) in [5, 5.41) is 1.15. The van der Waals surface area contributed by atoms with Crippen molar-refractivity contribution in [2.75, 3.05) is 6.61 Å². The van der Waals surface area contributed by atoms with E-state index in [0.29, 0.717) is 0 Å². The quantitative estimate of drug-likeness (QED) is 0.790. The van der Waals surface area contributed by atoms with Gasteiger partial charge in [0.15, 0.2) is 0 Å². The monoisotopic (exact) mass is 214 g/mol. The van der Waals surface area contributed by atoms with Crippen LogP contribution in [-0.4, -0.2) is 17.6 Å². The van der Waals surface area contributed by atoms with Gasteiger partial charge in [-0.15, -0.1) is 0 Å². The molecule has 2 unspecified atom stereocenters. The highest BCUT2D eigenvalue weighted by Gasteiger charge is 2.27. The Balaban J connectivity index is 2.04. The molecule has 3 heteroatoms. The Labute approximate surface area is 94.2 Å². The maximum Gasteiger partial charge on any atom is 0.115 e. The summed E-state index contributed by atoms with van der Waals surface area (Å²) in [6.07, 6.45) is 0.878. The fourth-order valence-electron chi connectivity index (χ4n) is 2.15. The van der Waals surface area contributed by atoms with Crippen LogP contribution >= 0.6 is 0 Å². The van der Waals surface area contributed by atoms with Crippen LogP contribution in [0.5, 0.6) is 0 Å². The van der Waals surface area contributed by atoms with Gasteiger partial charge < -0.3 is 10.5 Å². The lowest BCUT2D eigenvalue weighted by Crippen LogP contribution is -2.24. The highest BCUT2D eigenvalue weighted by molar-refractivity contribution is 5.78. The molecule has 1 aliphatic heterocycles. The van der Waals surface area contributed by atoms with Crippen molar-refractivity contribution in [3.8, 4) is 0 Å². The highest BCUT2D eigenvalue weighted by atomic mass is 16.5. The van der Waals surface area contributed by atoms with Crippen LogP contribution in [0.1, 0.15) is 18.2 Å². The number of hydrogen-bond acceptors (Lipinski definition) is 3. The Hall–Kier alpha value is -1.45. The first-order valence-corrected chi connectivity index (χ1v) is 5.57. The molecule has 0 spiro atoms. The normalized spacial score (nSPS) is 25.1. The van der Waals surface area contributed by atoms with E-state index < -0.39 is 0 Å². The van der Waals surface area contributed by atoms with Crippen molar-refractivity contribution in [3.05, 3.63) is 42.1 Å². The molecule has 1 aromatic carbocycles. The van der Waals surface area contributed by atoms with Crippen molar-refractivity contribution >= 4 is 10.9 Å². The second-order valence-corrected chi connectivity index (χ2v) is 4.17. The van der Waals surface area contributed by atoms with E-state index in [1.807, 2.05) is 24.3 Å². The van der Waals surface area contributed by atoms with Crippen molar-refractivity contribution in [2.24, 2.45) is 5.73 Å². The zero-order valence-corrected chi connectivity index (χ0v) is 8.97. The number of benzene rings is 1. The van der Waals surface area contributed by atoms with Crippen molar-refractivity contribution in [3.63, 3.8) is 0 Å². The molecule has 3 nitrogen and oxygen atoms in total. The van der Waals surface area contributed by atoms with E-state index in [0.717, 1.165) is 29.6 Å². The molecule has 1 aliphatic rings. The fraction of sp³-hybridized carbons (Fsp3) is 0.308. The molecule has 0 bridgehead atoms. The smallest absolute Gasteiger partial charge is 0.115 e. The zero-order valence-electron chi connectivity index (χ0n) is 8.97. The summed E-state index contributed by atoms with van der Waals surface area (Å²) in [6.45, 7) is 0.736. The highest BCUT2D eigenvalue weighted by Crippen LogP contribution is 2.27. The first-order valence-electron chi connectivity index (χ1n) is 5.57. The van der Waals surface area contributed by atoms with Gasteiger partial charge in [0.25, 0.3) is 0 Å². The molecule has 82 valence electrons. The lowest BCUT2D eigenvalue weighted by molar-refractivity contribution is 0.102. The third-order valence-electron chi connectivity index (χ3n) is 3.05. The Morgan fingerprint density at radius 1 is 1.19 bits per heavy atom. The van der Waals surface area contributed by atoms with E-state index in [-0.39, 0.29) is 12.1 Å². The van der Waals surface area contributed by atoms with Crippen LogP contribution in [-0.2, 0) is 4.74 Å². The Morgan fingerprint density at radius 2 is 2.06 bits per heavy atom. The predicted octanol–water partition coefficient (Wildman–Crippen LogP) is 2.02. The Morgan fingerprint density at radius 3 is 2.88 bits per heavy atom. The van der Waals surface area contributed by atoms with E-state index in [1.54, 1.807) is 0 Å². The van der Waals surface area contributed by atoms with Crippen LogP contribution in [0, 0.1) is 0 Å². The SMILES string of the molecule is NC1CCOC1c1ccc2ccccc2n1. The average Bonchev–Trinajstić information content (AvgIpc) is 2.75. The molecule has 0 radical (unpaired) electrons. The van der Waals surface area contributed by atoms with Gasteiger partial charge in [0.2, 0.25) is 0 Å². The first kappa shape index (κ1) is 9.75. The van der Waals surface area contributed by atoms with E-state index >= 15 is 0 Å². The predicted molar refractivity (Wildman–Crippen MR) is 63.0 cm³/mol. The molecule has 2 N–H and O–H groups in total. The van der Waals surface area contributed by atoms with Crippen molar-refractivity contribution in [1.82, 2.24) is 4.98 Å². The minimum atomic E-state index is -0.0374. The van der Waals surface area contributed by atoms with Crippen molar-refractivity contribution < 1.29 is 4.74 Å². The van der Waals surface area contributed by atoms with E-state index in [9.17, 15) is 0 Å². The minimum Gasteiger partial charge on any atom is -0.370 e. The van der Waals surface area contributed by atoms with Gasteiger partial charge >= 0.3 is 0 Å². The second-order valence-electron chi connectivity index (χ2n) is 4.17. The van der Waals surface area contributed by atoms with E-state index in [2.05, 4.69) is 17.1 Å². The molecule has 2 atom stereocenters. The molecule has 0 amide bonds. The summed E-state index contributed by atoms with van der Waals surface area (Å²) < 4.78 is 5.61. The maximum atomic E-state index is 5.99. The molecular formula is C13H14N2O. The number of aromatic nitrogens is 1. The summed E-state index contributed by atoms with van der Waals surface area (Å²) in [5.74, 6) is 0. The lowest BCUT2D eigenvalue weighted by atomic mass is 10.1. The van der Waals surface area contributed by atoms with Crippen LogP contribution < -0.4 is 5.73 Å². The van der Waals surface area contributed by atoms with Gasteiger partial charge in [0, 0.05) is 18.0 Å². The number of nitrogens with zero attached hydrogens (tertiary/aromatic N) is 1. The number of hydrogen-bond donors (Lipinski definition) is 1. The summed E-state index contributed by atoms with van der Waals surface area (Å²) in [4.78, 5) is 4.60. The third-order valence-corrected chi connectivity index (χ3v) is 3.05. The molecule has 1 fully saturated rings. The number of nitrogens with two attached hydrogens (primary N) is 1. The topological polar surface area (TPSA) is 48.1 Å². The number of fused-ring (bicyclic) bond motifs is 1. The summed E-state index contributed by atoms with van der Waals surface area (Å²) >= 11 is 0. The number of rotatable bonds is 1. The van der Waals surface area contributed by atoms with Crippen molar-refractivity contribution in [2.45, 2.75) is 18.6 Å². The van der Waals surface area contributed by atoms with Crippen LogP contribution in [0.2, 0.25) is 0 Å². The summed E-state index contributed by atoms with van der Waals surface area (Å²) in [7, 11) is 0. The number of pyridine rings is 1. The largest absolute Gasteiger partial charge is 0.370 e. The molecule has 2 aromatic rings. The van der Waals surface area contributed by atoms with Crippen LogP contribution in [0.3, 0.4) is 0 Å². The minimum absolute atomic E-state index is 0.0374. The van der Waals surface area contributed by atoms with Gasteiger partial charge in [-0.3, -0.25) is 0 Å². The van der Waals surface area contributed by atoms with E-state index in [1.165, 1.54) is 0 Å². The standard InChI is InChI=1S/C13H14N2O/c14-10-7-8-16-13(10)12-6-5-9-3-1-2-4-11(9)15-12/h1-6,10,13H,7-8,14H2. The van der Waals surface area contributed by atoms with Gasteiger partial charge in [0.05, 0.1) is 11.2 Å². The second kappa shape index (κ2) is 3.85. The van der Waals surface area contributed by atoms with Gasteiger partial charge in [-0.25, -0.2) is 4.98 Å². The molecule has 1 saturated heterocycles. The van der Waals surface area contributed by atoms with E-state index in [4.69, 9.17) is 10.5 Å². The molecular weight excluding hydrogens is 200 g/mol.